The molecule has 110 valence electrons. The lowest BCUT2D eigenvalue weighted by molar-refractivity contribution is -0.138. The maximum atomic E-state index is 12.3. The van der Waals surface area contributed by atoms with Gasteiger partial charge in [0.2, 0.25) is 0 Å². The molecule has 0 aliphatic rings. The van der Waals surface area contributed by atoms with Crippen LogP contribution in [0.1, 0.15) is 30.1 Å². The number of fused-ring (bicyclic) bond motifs is 1. The smallest absolute Gasteiger partial charge is 0.303 e. The summed E-state index contributed by atoms with van der Waals surface area (Å²) >= 11 is 0. The van der Waals surface area contributed by atoms with E-state index in [9.17, 15) is 9.59 Å². The van der Waals surface area contributed by atoms with Crippen molar-refractivity contribution in [2.24, 2.45) is 5.92 Å². The monoisotopic (exact) mass is 286 g/mol. The zero-order chi connectivity index (χ0) is 15.2. The second kappa shape index (κ2) is 6.83. The standard InChI is InChI=1S/C16H18N2O3/c1-2-11(9-14(19)20)10-18-16(21)13-7-3-5-12-6-4-8-17-15(12)13/h3-8,11H,2,9-10H2,1H3,(H,18,21)(H,19,20). The van der Waals surface area contributed by atoms with Gasteiger partial charge in [-0.25, -0.2) is 0 Å². The third-order valence-electron chi connectivity index (χ3n) is 3.47. The van der Waals surface area contributed by atoms with E-state index in [4.69, 9.17) is 5.11 Å². The quantitative estimate of drug-likeness (QED) is 0.855. The highest BCUT2D eigenvalue weighted by molar-refractivity contribution is 6.05. The van der Waals surface area contributed by atoms with Crippen LogP contribution in [0.25, 0.3) is 10.9 Å². The Hall–Kier alpha value is -2.43. The number of amides is 1. The van der Waals surface area contributed by atoms with Crippen molar-refractivity contribution in [3.8, 4) is 0 Å². The Morgan fingerprint density at radius 3 is 2.76 bits per heavy atom. The summed E-state index contributed by atoms with van der Waals surface area (Å²) in [7, 11) is 0. The third kappa shape index (κ3) is 3.78. The average molecular weight is 286 g/mol. The Kier molecular flexibility index (Phi) is 4.87. The van der Waals surface area contributed by atoms with Gasteiger partial charge in [0.1, 0.15) is 0 Å². The SMILES string of the molecule is CCC(CNC(=O)c1cccc2cccnc12)CC(=O)O. The normalized spacial score (nSPS) is 12.0. The van der Waals surface area contributed by atoms with E-state index in [0.717, 1.165) is 5.39 Å². The Morgan fingerprint density at radius 1 is 1.29 bits per heavy atom. The molecule has 0 bridgehead atoms. The van der Waals surface area contributed by atoms with Gasteiger partial charge in [-0.1, -0.05) is 31.5 Å². The van der Waals surface area contributed by atoms with Crippen molar-refractivity contribution in [3.63, 3.8) is 0 Å². The number of nitrogens with zero attached hydrogens (tertiary/aromatic N) is 1. The summed E-state index contributed by atoms with van der Waals surface area (Å²) in [6, 6.07) is 9.16. The summed E-state index contributed by atoms with van der Waals surface area (Å²) in [4.78, 5) is 27.2. The van der Waals surface area contributed by atoms with Crippen molar-refractivity contribution < 1.29 is 14.7 Å². The van der Waals surface area contributed by atoms with Crippen LogP contribution < -0.4 is 5.32 Å². The fourth-order valence-corrected chi connectivity index (χ4v) is 2.23. The maximum absolute atomic E-state index is 12.3. The number of aliphatic carboxylic acids is 1. The molecular formula is C16H18N2O3. The fourth-order valence-electron chi connectivity index (χ4n) is 2.23. The lowest BCUT2D eigenvalue weighted by Crippen LogP contribution is -2.30. The highest BCUT2D eigenvalue weighted by Crippen LogP contribution is 2.16. The summed E-state index contributed by atoms with van der Waals surface area (Å²) in [5, 5.41) is 12.5. The zero-order valence-electron chi connectivity index (χ0n) is 11.9. The molecule has 2 aromatic rings. The second-order valence-electron chi connectivity index (χ2n) is 4.96. The zero-order valence-corrected chi connectivity index (χ0v) is 11.9. The maximum Gasteiger partial charge on any atom is 0.303 e. The van der Waals surface area contributed by atoms with Gasteiger partial charge in [0.05, 0.1) is 11.1 Å². The van der Waals surface area contributed by atoms with Crippen molar-refractivity contribution >= 4 is 22.8 Å². The van der Waals surface area contributed by atoms with Gasteiger partial charge in [0, 0.05) is 24.5 Å². The van der Waals surface area contributed by atoms with Gasteiger partial charge in [-0.2, -0.15) is 0 Å². The number of aromatic nitrogens is 1. The molecule has 1 heterocycles. The van der Waals surface area contributed by atoms with Crippen LogP contribution in [0.3, 0.4) is 0 Å². The van der Waals surface area contributed by atoms with Gasteiger partial charge in [-0.05, 0) is 18.1 Å². The minimum Gasteiger partial charge on any atom is -0.481 e. The van der Waals surface area contributed by atoms with Gasteiger partial charge in [0.25, 0.3) is 5.91 Å². The number of carboxylic acids is 1. The molecule has 0 aliphatic heterocycles. The van der Waals surface area contributed by atoms with Gasteiger partial charge in [-0.3, -0.25) is 14.6 Å². The number of carboxylic acid groups (broad SMARTS) is 1. The molecule has 1 aromatic carbocycles. The number of benzene rings is 1. The Morgan fingerprint density at radius 2 is 2.05 bits per heavy atom. The topological polar surface area (TPSA) is 79.3 Å². The van der Waals surface area contributed by atoms with Gasteiger partial charge >= 0.3 is 5.97 Å². The number of para-hydroxylation sites is 1. The molecule has 0 saturated heterocycles. The Labute approximate surface area is 123 Å². The summed E-state index contributed by atoms with van der Waals surface area (Å²) in [5.74, 6) is -1.12. The third-order valence-corrected chi connectivity index (χ3v) is 3.47. The molecule has 5 heteroatoms. The summed E-state index contributed by atoms with van der Waals surface area (Å²) in [5.41, 5.74) is 1.17. The molecular weight excluding hydrogens is 268 g/mol. The van der Waals surface area contributed by atoms with Crippen molar-refractivity contribution in [1.82, 2.24) is 10.3 Å². The number of carbonyl (C=O) groups excluding carboxylic acids is 1. The number of hydrogen-bond donors (Lipinski definition) is 2. The van der Waals surface area contributed by atoms with Crippen molar-refractivity contribution in [3.05, 3.63) is 42.1 Å². The van der Waals surface area contributed by atoms with Crippen molar-refractivity contribution in [2.75, 3.05) is 6.54 Å². The minimum absolute atomic E-state index is 0.0601. The molecule has 0 saturated carbocycles. The number of hydrogen-bond acceptors (Lipinski definition) is 3. The fraction of sp³-hybridized carbons (Fsp3) is 0.312. The molecule has 0 aliphatic carbocycles. The van der Waals surface area contributed by atoms with E-state index >= 15 is 0 Å². The first-order valence-corrected chi connectivity index (χ1v) is 6.95. The van der Waals surface area contributed by atoms with E-state index in [0.29, 0.717) is 24.0 Å². The molecule has 0 fully saturated rings. The number of pyridine rings is 1. The first-order chi connectivity index (χ1) is 10.1. The summed E-state index contributed by atoms with van der Waals surface area (Å²) < 4.78 is 0. The van der Waals surface area contributed by atoms with Crippen LogP contribution >= 0.6 is 0 Å². The van der Waals surface area contributed by atoms with E-state index in [1.165, 1.54) is 0 Å². The first-order valence-electron chi connectivity index (χ1n) is 6.95. The molecule has 1 atom stereocenters. The summed E-state index contributed by atoms with van der Waals surface area (Å²) in [6.45, 7) is 2.27. The van der Waals surface area contributed by atoms with E-state index in [1.54, 1.807) is 12.3 Å². The van der Waals surface area contributed by atoms with Crippen LogP contribution in [-0.2, 0) is 4.79 Å². The van der Waals surface area contributed by atoms with Crippen LogP contribution in [-0.4, -0.2) is 28.5 Å². The lowest BCUT2D eigenvalue weighted by Gasteiger charge is -2.14. The number of rotatable bonds is 6. The average Bonchev–Trinajstić information content (AvgIpc) is 2.50. The molecule has 2 N–H and O–H groups in total. The van der Waals surface area contributed by atoms with Gasteiger partial charge in [0.15, 0.2) is 0 Å². The summed E-state index contributed by atoms with van der Waals surface area (Å²) in [6.07, 6.45) is 2.42. The van der Waals surface area contributed by atoms with Crippen molar-refractivity contribution in [2.45, 2.75) is 19.8 Å². The molecule has 1 unspecified atom stereocenters. The highest BCUT2D eigenvalue weighted by Gasteiger charge is 2.15. The van der Waals surface area contributed by atoms with E-state index < -0.39 is 5.97 Å². The Balaban J connectivity index is 2.10. The van der Waals surface area contributed by atoms with E-state index in [-0.39, 0.29) is 18.2 Å². The number of nitrogens with one attached hydrogen (secondary N) is 1. The van der Waals surface area contributed by atoms with Crippen LogP contribution in [0.4, 0.5) is 0 Å². The largest absolute Gasteiger partial charge is 0.481 e. The molecule has 1 aromatic heterocycles. The second-order valence-corrected chi connectivity index (χ2v) is 4.96. The van der Waals surface area contributed by atoms with Crippen LogP contribution in [0.15, 0.2) is 36.5 Å². The van der Waals surface area contributed by atoms with Gasteiger partial charge in [-0.15, -0.1) is 0 Å². The van der Waals surface area contributed by atoms with Crippen LogP contribution in [0, 0.1) is 5.92 Å². The first kappa shape index (κ1) is 15.0. The van der Waals surface area contributed by atoms with E-state index in [1.807, 2.05) is 31.2 Å². The van der Waals surface area contributed by atoms with Gasteiger partial charge < -0.3 is 10.4 Å². The number of carbonyl (C=O) groups is 2. The molecule has 5 nitrogen and oxygen atoms in total. The Bertz CT molecular complexity index is 650. The lowest BCUT2D eigenvalue weighted by atomic mass is 10.0. The molecule has 1 amide bonds. The predicted octanol–water partition coefficient (Wildman–Crippen LogP) is 2.47. The van der Waals surface area contributed by atoms with E-state index in [2.05, 4.69) is 10.3 Å². The van der Waals surface area contributed by atoms with Crippen LogP contribution in [0.2, 0.25) is 0 Å². The minimum atomic E-state index is -0.845. The molecule has 2 rings (SSSR count). The molecule has 21 heavy (non-hydrogen) atoms. The predicted molar refractivity (Wildman–Crippen MR) is 80.1 cm³/mol. The molecule has 0 radical (unpaired) electrons. The highest BCUT2D eigenvalue weighted by atomic mass is 16.4. The molecule has 0 spiro atoms. The van der Waals surface area contributed by atoms with Crippen LogP contribution in [0.5, 0.6) is 0 Å². The van der Waals surface area contributed by atoms with Crippen molar-refractivity contribution in [1.29, 1.82) is 0 Å².